The number of thiazole rings is 1. The van der Waals surface area contributed by atoms with E-state index in [2.05, 4.69) is 21.1 Å². The minimum absolute atomic E-state index is 0.229. The van der Waals surface area contributed by atoms with Gasteiger partial charge < -0.3 is 16.0 Å². The molecule has 2 heterocycles. The summed E-state index contributed by atoms with van der Waals surface area (Å²) < 4.78 is 0. The van der Waals surface area contributed by atoms with Gasteiger partial charge in [-0.25, -0.2) is 4.98 Å². The van der Waals surface area contributed by atoms with Crippen molar-refractivity contribution in [3.8, 4) is 12.3 Å². The van der Waals surface area contributed by atoms with Gasteiger partial charge in [-0.3, -0.25) is 4.79 Å². The van der Waals surface area contributed by atoms with Gasteiger partial charge in [0.2, 0.25) is 0 Å². The molecule has 3 N–H and O–H groups in total. The number of piperidine rings is 1. The summed E-state index contributed by atoms with van der Waals surface area (Å²) in [6.07, 6.45) is 9.63. The van der Waals surface area contributed by atoms with Crippen LogP contribution >= 0.6 is 11.3 Å². The first-order chi connectivity index (χ1) is 9.65. The van der Waals surface area contributed by atoms with E-state index >= 15 is 0 Å². The van der Waals surface area contributed by atoms with E-state index in [1.54, 1.807) is 0 Å². The molecule has 1 aliphatic heterocycles. The highest BCUT2D eigenvalue weighted by Crippen LogP contribution is 2.30. The Labute approximate surface area is 123 Å². The Hall–Kier alpha value is -1.74. The molecule has 1 aromatic heterocycles. The Morgan fingerprint density at radius 2 is 2.25 bits per heavy atom. The number of carbonyl (C=O) groups is 1. The maximum absolute atomic E-state index is 12.2. The van der Waals surface area contributed by atoms with Gasteiger partial charge in [-0.05, 0) is 25.7 Å². The van der Waals surface area contributed by atoms with Crippen molar-refractivity contribution in [3.63, 3.8) is 0 Å². The lowest BCUT2D eigenvalue weighted by atomic mass is 10.1. The number of amides is 1. The van der Waals surface area contributed by atoms with E-state index < -0.39 is 0 Å². The van der Waals surface area contributed by atoms with Gasteiger partial charge in [0.15, 0.2) is 5.13 Å². The molecule has 0 spiro atoms. The number of anilines is 2. The summed E-state index contributed by atoms with van der Waals surface area (Å²) in [6.45, 7) is 3.89. The van der Waals surface area contributed by atoms with Crippen molar-refractivity contribution in [1.29, 1.82) is 0 Å². The summed E-state index contributed by atoms with van der Waals surface area (Å²) in [5.41, 5.74) is 5.87. The lowest BCUT2D eigenvalue weighted by molar-refractivity contribution is 0.0950. The Bertz CT molecular complexity index is 514. The zero-order valence-corrected chi connectivity index (χ0v) is 12.5. The average Bonchev–Trinajstić information content (AvgIpc) is 2.87. The molecule has 20 heavy (non-hydrogen) atoms. The van der Waals surface area contributed by atoms with Crippen LogP contribution in [-0.2, 0) is 0 Å². The maximum Gasteiger partial charge on any atom is 0.266 e. The monoisotopic (exact) mass is 292 g/mol. The summed E-state index contributed by atoms with van der Waals surface area (Å²) in [6, 6.07) is -0.262. The van der Waals surface area contributed by atoms with E-state index in [-0.39, 0.29) is 11.9 Å². The van der Waals surface area contributed by atoms with Crippen LogP contribution in [0.1, 0.15) is 42.3 Å². The van der Waals surface area contributed by atoms with Gasteiger partial charge in [0.05, 0.1) is 6.04 Å². The second-order valence-electron chi connectivity index (χ2n) is 4.86. The number of rotatable bonds is 4. The summed E-state index contributed by atoms with van der Waals surface area (Å²) in [4.78, 5) is 19.1. The zero-order chi connectivity index (χ0) is 14.5. The standard InChI is InChI=1S/C14H20N4OS/c1-3-10(4-2)16-13(19)11-12(15)17-14(20-11)18-8-6-5-7-9-18/h1,10H,4-9,15H2,2H3,(H,16,19). The van der Waals surface area contributed by atoms with Crippen LogP contribution in [0.25, 0.3) is 0 Å². The first-order valence-corrected chi connectivity index (χ1v) is 7.75. The molecule has 2 rings (SSSR count). The fourth-order valence-corrected chi connectivity index (χ4v) is 3.13. The van der Waals surface area contributed by atoms with Crippen LogP contribution in [-0.4, -0.2) is 30.0 Å². The van der Waals surface area contributed by atoms with Gasteiger partial charge in [-0.2, -0.15) is 0 Å². The molecule has 0 saturated carbocycles. The number of aromatic nitrogens is 1. The fraction of sp³-hybridized carbons (Fsp3) is 0.571. The molecule has 6 heteroatoms. The number of hydrogen-bond donors (Lipinski definition) is 2. The van der Waals surface area contributed by atoms with E-state index in [0.29, 0.717) is 17.1 Å². The fourth-order valence-electron chi connectivity index (χ4n) is 2.19. The Balaban J connectivity index is 2.10. The Kier molecular flexibility index (Phi) is 4.85. The lowest BCUT2D eigenvalue weighted by Crippen LogP contribution is -2.33. The van der Waals surface area contributed by atoms with Crippen LogP contribution in [0.3, 0.4) is 0 Å². The summed E-state index contributed by atoms with van der Waals surface area (Å²) >= 11 is 1.35. The Morgan fingerprint density at radius 1 is 1.55 bits per heavy atom. The van der Waals surface area contributed by atoms with Gasteiger partial charge in [0, 0.05) is 13.1 Å². The van der Waals surface area contributed by atoms with Gasteiger partial charge in [-0.15, -0.1) is 6.42 Å². The highest BCUT2D eigenvalue weighted by Gasteiger charge is 2.21. The van der Waals surface area contributed by atoms with Crippen molar-refractivity contribution in [2.75, 3.05) is 23.7 Å². The molecule has 1 fully saturated rings. The Morgan fingerprint density at radius 3 is 2.85 bits per heavy atom. The van der Waals surface area contributed by atoms with Crippen LogP contribution in [0.5, 0.6) is 0 Å². The van der Waals surface area contributed by atoms with E-state index in [9.17, 15) is 4.79 Å². The number of hydrogen-bond acceptors (Lipinski definition) is 5. The van der Waals surface area contributed by atoms with E-state index in [0.717, 1.165) is 31.1 Å². The highest BCUT2D eigenvalue weighted by molar-refractivity contribution is 7.18. The summed E-state index contributed by atoms with van der Waals surface area (Å²) in [7, 11) is 0. The maximum atomic E-state index is 12.2. The largest absolute Gasteiger partial charge is 0.382 e. The third kappa shape index (κ3) is 3.23. The molecule has 1 atom stereocenters. The van der Waals surface area contributed by atoms with Crippen molar-refractivity contribution >= 4 is 28.2 Å². The van der Waals surface area contributed by atoms with Crippen molar-refractivity contribution < 1.29 is 4.79 Å². The van der Waals surface area contributed by atoms with Crippen molar-refractivity contribution in [2.45, 2.75) is 38.6 Å². The third-order valence-corrected chi connectivity index (χ3v) is 4.52. The molecule has 5 nitrogen and oxygen atoms in total. The number of nitrogens with two attached hydrogens (primary N) is 1. The van der Waals surface area contributed by atoms with Gasteiger partial charge >= 0.3 is 0 Å². The number of carbonyl (C=O) groups excluding carboxylic acids is 1. The predicted molar refractivity (Wildman–Crippen MR) is 83.0 cm³/mol. The van der Waals surface area contributed by atoms with Gasteiger partial charge in [0.1, 0.15) is 10.7 Å². The molecule has 1 unspecified atom stereocenters. The molecule has 0 bridgehead atoms. The highest BCUT2D eigenvalue weighted by atomic mass is 32.1. The SMILES string of the molecule is C#CC(CC)NC(=O)c1sc(N2CCCCC2)nc1N. The second kappa shape index (κ2) is 6.62. The third-order valence-electron chi connectivity index (χ3n) is 3.39. The first-order valence-electron chi connectivity index (χ1n) is 6.94. The normalized spacial score (nSPS) is 16.5. The molecule has 108 valence electrons. The molecule has 1 saturated heterocycles. The molecule has 1 aromatic rings. The number of nitrogens with one attached hydrogen (secondary N) is 1. The summed E-state index contributed by atoms with van der Waals surface area (Å²) in [5.74, 6) is 2.61. The van der Waals surface area contributed by atoms with E-state index in [4.69, 9.17) is 12.2 Å². The van der Waals surface area contributed by atoms with Crippen LogP contribution < -0.4 is 16.0 Å². The molecule has 1 aliphatic rings. The molecule has 0 radical (unpaired) electrons. The number of nitrogens with zero attached hydrogens (tertiary/aromatic N) is 2. The molecule has 1 amide bonds. The zero-order valence-electron chi connectivity index (χ0n) is 11.7. The van der Waals surface area contributed by atoms with Crippen LogP contribution in [0.15, 0.2) is 0 Å². The smallest absolute Gasteiger partial charge is 0.266 e. The molecule has 0 aliphatic carbocycles. The van der Waals surface area contributed by atoms with Crippen LogP contribution in [0.4, 0.5) is 10.9 Å². The molecular weight excluding hydrogens is 272 g/mol. The van der Waals surface area contributed by atoms with Crippen molar-refractivity contribution in [1.82, 2.24) is 10.3 Å². The number of terminal acetylenes is 1. The first kappa shape index (κ1) is 14.7. The van der Waals surface area contributed by atoms with Gasteiger partial charge in [0.25, 0.3) is 5.91 Å². The van der Waals surface area contributed by atoms with E-state index in [1.165, 1.54) is 17.8 Å². The number of nitrogen functional groups attached to an aromatic ring is 1. The quantitative estimate of drug-likeness (QED) is 0.831. The second-order valence-corrected chi connectivity index (χ2v) is 5.84. The van der Waals surface area contributed by atoms with Crippen molar-refractivity contribution in [2.24, 2.45) is 0 Å². The lowest BCUT2D eigenvalue weighted by Gasteiger charge is -2.25. The van der Waals surface area contributed by atoms with Crippen LogP contribution in [0.2, 0.25) is 0 Å². The van der Waals surface area contributed by atoms with Gasteiger partial charge in [-0.1, -0.05) is 24.2 Å². The minimum Gasteiger partial charge on any atom is -0.382 e. The van der Waals surface area contributed by atoms with Crippen LogP contribution in [0, 0.1) is 12.3 Å². The predicted octanol–water partition coefficient (Wildman–Crippen LogP) is 1.86. The van der Waals surface area contributed by atoms with E-state index in [1.807, 2.05) is 6.92 Å². The van der Waals surface area contributed by atoms with Crippen molar-refractivity contribution in [3.05, 3.63) is 4.88 Å². The average molecular weight is 292 g/mol. The minimum atomic E-state index is -0.262. The molecule has 0 aromatic carbocycles. The topological polar surface area (TPSA) is 71.2 Å². The molecular formula is C14H20N4OS. The summed E-state index contributed by atoms with van der Waals surface area (Å²) in [5, 5.41) is 3.62.